The van der Waals surface area contributed by atoms with Crippen LogP contribution in [0.1, 0.15) is 32.1 Å². The zero-order chi connectivity index (χ0) is 31.4. The van der Waals surface area contributed by atoms with Crippen molar-refractivity contribution in [2.75, 3.05) is 18.0 Å². The van der Waals surface area contributed by atoms with Gasteiger partial charge in [0.25, 0.3) is 5.91 Å². The molecule has 1 aliphatic carbocycles. The lowest BCUT2D eigenvalue weighted by Gasteiger charge is -2.40. The summed E-state index contributed by atoms with van der Waals surface area (Å²) in [5, 5.41) is 21.4. The minimum Gasteiger partial charge on any atom is -0.391 e. The van der Waals surface area contributed by atoms with Crippen molar-refractivity contribution in [1.29, 1.82) is 5.26 Å². The third-order valence-electron chi connectivity index (χ3n) is 6.56. The Morgan fingerprint density at radius 2 is 1.74 bits per heavy atom. The summed E-state index contributed by atoms with van der Waals surface area (Å²) in [5.74, 6) is -6.92. The maximum Gasteiger partial charge on any atom is 0.310 e. The van der Waals surface area contributed by atoms with E-state index in [-0.39, 0.29) is 37.9 Å². The minimum atomic E-state index is -10.3. The van der Waals surface area contributed by atoms with Crippen molar-refractivity contribution in [2.24, 2.45) is 0 Å². The largest absolute Gasteiger partial charge is 0.391 e. The van der Waals surface area contributed by atoms with Gasteiger partial charge in [-0.1, -0.05) is 25.5 Å². The number of nitriles is 1. The second-order valence-electron chi connectivity index (χ2n) is 9.89. The molecule has 232 valence electrons. The number of aromatic nitrogens is 1. The van der Waals surface area contributed by atoms with Gasteiger partial charge in [-0.15, -0.1) is 0 Å². The van der Waals surface area contributed by atoms with Crippen molar-refractivity contribution >= 4 is 27.7 Å². The number of carbonyl (C=O) groups is 2. The predicted molar refractivity (Wildman–Crippen MR) is 136 cm³/mol. The summed E-state index contributed by atoms with van der Waals surface area (Å²) in [6, 6.07) is 3.22. The summed E-state index contributed by atoms with van der Waals surface area (Å²) >= 11 is 0. The summed E-state index contributed by atoms with van der Waals surface area (Å²) in [4.78, 5) is 28.2. The molecule has 1 saturated heterocycles. The Morgan fingerprint density at radius 1 is 1.12 bits per heavy atom. The van der Waals surface area contributed by atoms with Crippen molar-refractivity contribution in [3.05, 3.63) is 54.6 Å². The summed E-state index contributed by atoms with van der Waals surface area (Å²) in [5.41, 5.74) is -0.949. The molecule has 0 spiro atoms. The number of carbonyl (C=O) groups excluding carboxylic acids is 2. The van der Waals surface area contributed by atoms with Crippen LogP contribution in [0.25, 0.3) is 0 Å². The number of halogens is 8. The molecule has 2 aliphatic rings. The molecule has 17 heteroatoms. The number of nitrogens with zero attached hydrogens (tertiary/aromatic N) is 4. The number of amides is 2. The van der Waals surface area contributed by atoms with Crippen LogP contribution in [-0.2, 0) is 9.59 Å². The van der Waals surface area contributed by atoms with E-state index in [1.165, 1.54) is 0 Å². The fourth-order valence-electron chi connectivity index (χ4n) is 4.48. The maximum atomic E-state index is 14.7. The number of pyridine rings is 1. The molecule has 1 aliphatic heterocycles. The monoisotopic (exact) mass is 629 g/mol. The highest BCUT2D eigenvalue weighted by Crippen LogP contribution is 3.02. The minimum absolute atomic E-state index is 0.101. The number of aliphatic hydroxyl groups is 1. The van der Waals surface area contributed by atoms with Gasteiger partial charge < -0.3 is 10.4 Å². The van der Waals surface area contributed by atoms with Gasteiger partial charge >= 0.3 is 10.2 Å². The van der Waals surface area contributed by atoms with E-state index in [9.17, 15) is 52.6 Å². The number of likely N-dealkylation sites (tertiary alicyclic amines) is 1. The Morgan fingerprint density at radius 3 is 2.21 bits per heavy atom. The number of β-amino-alcohol motifs (C(OH)–C–C–N with tert-alkyl or cyclic N) is 1. The van der Waals surface area contributed by atoms with Crippen LogP contribution in [0.5, 0.6) is 0 Å². The first kappa shape index (κ1) is 32.9. The Kier molecular flexibility index (Phi) is 9.04. The number of benzene rings is 1. The highest BCUT2D eigenvalue weighted by Gasteiger charge is 2.65. The zero-order valence-corrected chi connectivity index (χ0v) is 22.6. The van der Waals surface area contributed by atoms with Crippen LogP contribution in [-0.4, -0.2) is 64.0 Å². The van der Waals surface area contributed by atoms with Crippen molar-refractivity contribution in [2.45, 2.75) is 61.1 Å². The van der Waals surface area contributed by atoms with Gasteiger partial charge in [-0.05, 0) is 43.2 Å². The van der Waals surface area contributed by atoms with E-state index in [1.54, 1.807) is 18.6 Å². The van der Waals surface area contributed by atoms with Crippen molar-refractivity contribution in [1.82, 2.24) is 15.2 Å². The van der Waals surface area contributed by atoms with Gasteiger partial charge in [0.2, 0.25) is 11.8 Å². The number of alkyl halides is 2. The van der Waals surface area contributed by atoms with Crippen LogP contribution in [0.4, 0.5) is 38.3 Å². The molecule has 2 aromatic rings. The molecule has 2 fully saturated rings. The van der Waals surface area contributed by atoms with Crippen LogP contribution in [0.15, 0.2) is 53.7 Å². The highest BCUT2D eigenvalue weighted by molar-refractivity contribution is 8.45. The van der Waals surface area contributed by atoms with Crippen molar-refractivity contribution < 1.29 is 47.3 Å². The third-order valence-corrected chi connectivity index (χ3v) is 7.71. The zero-order valence-electron chi connectivity index (χ0n) is 21.8. The molecule has 1 aromatic carbocycles. The van der Waals surface area contributed by atoms with E-state index in [2.05, 4.69) is 10.3 Å². The fraction of sp³-hybridized carbons (Fsp3) is 0.440. The second kappa shape index (κ2) is 11.6. The molecule has 2 N–H and O–H groups in total. The average Bonchev–Trinajstić information content (AvgIpc) is 3.29. The van der Waals surface area contributed by atoms with Gasteiger partial charge in [0.1, 0.15) is 23.3 Å². The second-order valence-corrected chi connectivity index (χ2v) is 12.3. The number of hydrogen-bond donors (Lipinski definition) is 2. The number of anilines is 1. The van der Waals surface area contributed by atoms with Gasteiger partial charge in [-0.25, -0.2) is 13.2 Å². The lowest BCUT2D eigenvalue weighted by molar-refractivity contribution is -0.126. The van der Waals surface area contributed by atoms with Crippen LogP contribution < -0.4 is 10.2 Å². The normalized spacial score (nSPS) is 22.0. The van der Waals surface area contributed by atoms with Gasteiger partial charge in [-0.2, -0.15) is 5.26 Å². The van der Waals surface area contributed by atoms with E-state index < -0.39 is 88.0 Å². The van der Waals surface area contributed by atoms with E-state index in [0.29, 0.717) is 4.90 Å². The Hall–Kier alpha value is -3.65. The van der Waals surface area contributed by atoms with Crippen LogP contribution in [0.3, 0.4) is 0 Å². The predicted octanol–water partition coefficient (Wildman–Crippen LogP) is 5.51. The third kappa shape index (κ3) is 8.92. The molecule has 2 amide bonds. The first-order chi connectivity index (χ1) is 19.3. The number of aliphatic hydroxyl groups excluding tert-OH is 1. The Labute approximate surface area is 235 Å². The van der Waals surface area contributed by atoms with Crippen molar-refractivity contribution in [3.63, 3.8) is 0 Å². The molecule has 2 atom stereocenters. The molecule has 1 saturated carbocycles. The number of rotatable bonds is 6. The first-order valence-electron chi connectivity index (χ1n) is 12.5. The number of nitrogens with one attached hydrogen (secondary N) is 1. The lowest BCUT2D eigenvalue weighted by atomic mass is 9.92. The van der Waals surface area contributed by atoms with Gasteiger partial charge in [0.05, 0.1) is 18.3 Å². The van der Waals surface area contributed by atoms with E-state index >= 15 is 0 Å². The molecule has 42 heavy (non-hydrogen) atoms. The first-order valence-corrected chi connectivity index (χ1v) is 14.5. The molecule has 4 rings (SSSR count). The molecule has 0 bridgehead atoms. The summed E-state index contributed by atoms with van der Waals surface area (Å²) in [6.45, 7) is -1.29. The van der Waals surface area contributed by atoms with Crippen molar-refractivity contribution in [3.8, 4) is 6.19 Å². The molecular formula is C25H27F8N5O3S. The molecular weight excluding hydrogens is 602 g/mol. The maximum absolute atomic E-state index is 14.7. The summed E-state index contributed by atoms with van der Waals surface area (Å²) < 4.78 is 107. The topological polar surface area (TPSA) is 110 Å². The summed E-state index contributed by atoms with van der Waals surface area (Å²) in [7, 11) is -10.3. The quantitative estimate of drug-likeness (QED) is 0.323. The molecule has 2 unspecified atom stereocenters. The highest BCUT2D eigenvalue weighted by atomic mass is 32.5. The Bertz CT molecular complexity index is 1290. The SMILES string of the molecule is N#CN1CC(O)CC1C(=O)N(CC(=O)NC1CCC(F)(F)CC1)c1ccc(S(F)(F)(F)(F)F)cc1F.c1ccncc1. The number of hydrogen-bond acceptors (Lipinski definition) is 6. The van der Waals surface area contributed by atoms with Crippen LogP contribution in [0, 0.1) is 17.3 Å². The standard InChI is InChI=1S/C20H22F8N4O3S.C5H5N/c21-15-8-14(36(24,25,26,27)28)1-2-16(15)32(19(35)17-7-13(33)9-31(17)11-29)10-18(34)30-12-3-5-20(22,23)6-4-12;1-2-4-6-5-3-1/h1-2,8,12-13,17,33H,3-7,9-10H2,(H,30,34);1-5H. The smallest absolute Gasteiger partial charge is 0.310 e. The molecule has 2 heterocycles. The van der Waals surface area contributed by atoms with Crippen LogP contribution >= 0.6 is 10.2 Å². The average molecular weight is 630 g/mol. The van der Waals surface area contributed by atoms with Crippen LogP contribution in [0.2, 0.25) is 0 Å². The Balaban J connectivity index is 0.000000715. The fourth-order valence-corrected chi connectivity index (χ4v) is 5.13. The lowest BCUT2D eigenvalue weighted by Crippen LogP contribution is -2.50. The van der Waals surface area contributed by atoms with Gasteiger partial charge in [0.15, 0.2) is 6.19 Å². The summed E-state index contributed by atoms with van der Waals surface area (Å²) in [6.07, 6.45) is 2.42. The molecule has 8 nitrogen and oxygen atoms in total. The molecule has 1 aromatic heterocycles. The van der Waals surface area contributed by atoms with E-state index in [0.717, 1.165) is 4.90 Å². The van der Waals surface area contributed by atoms with E-state index in [4.69, 9.17) is 0 Å². The molecule has 0 radical (unpaired) electrons. The van der Waals surface area contributed by atoms with Gasteiger partial charge in [0, 0.05) is 37.7 Å². The van der Waals surface area contributed by atoms with E-state index in [1.807, 2.05) is 18.2 Å². The van der Waals surface area contributed by atoms with Gasteiger partial charge in [-0.3, -0.25) is 24.4 Å².